The molecular formula is C12H12FNO2. The van der Waals surface area contributed by atoms with Gasteiger partial charge in [-0.2, -0.15) is 0 Å². The van der Waals surface area contributed by atoms with Crippen LogP contribution in [0, 0.1) is 5.82 Å². The number of carboxylic acid groups (broad SMARTS) is 1. The van der Waals surface area contributed by atoms with Gasteiger partial charge in [-0.15, -0.1) is 0 Å². The van der Waals surface area contributed by atoms with Crippen LogP contribution in [0.1, 0.15) is 35.8 Å². The molecule has 84 valence electrons. The van der Waals surface area contributed by atoms with Gasteiger partial charge in [-0.25, -0.2) is 9.18 Å². The van der Waals surface area contributed by atoms with Crippen molar-refractivity contribution in [2.45, 2.75) is 19.8 Å². The normalized spacial score (nSPS) is 11.2. The van der Waals surface area contributed by atoms with Crippen LogP contribution in [-0.2, 0) is 0 Å². The molecule has 1 heterocycles. The Morgan fingerprint density at radius 3 is 2.62 bits per heavy atom. The molecule has 0 spiro atoms. The molecule has 1 aromatic carbocycles. The van der Waals surface area contributed by atoms with Gasteiger partial charge in [0.25, 0.3) is 0 Å². The molecule has 2 rings (SSSR count). The van der Waals surface area contributed by atoms with Crippen LogP contribution in [0.4, 0.5) is 4.39 Å². The third-order valence-corrected chi connectivity index (χ3v) is 2.61. The molecule has 0 amide bonds. The molecule has 0 atom stereocenters. The Kier molecular flexibility index (Phi) is 2.42. The highest BCUT2D eigenvalue weighted by Crippen LogP contribution is 2.24. The van der Waals surface area contributed by atoms with Crippen LogP contribution in [-0.4, -0.2) is 16.1 Å². The van der Waals surface area contributed by atoms with Crippen molar-refractivity contribution in [2.75, 3.05) is 0 Å². The minimum absolute atomic E-state index is 0.00908. The third kappa shape index (κ3) is 1.66. The van der Waals surface area contributed by atoms with Crippen LogP contribution in [0.25, 0.3) is 10.9 Å². The molecule has 0 bridgehead atoms. The minimum Gasteiger partial charge on any atom is -0.477 e. The summed E-state index contributed by atoms with van der Waals surface area (Å²) in [5.74, 6) is -1.26. The van der Waals surface area contributed by atoms with E-state index in [1.807, 2.05) is 13.8 Å². The van der Waals surface area contributed by atoms with Gasteiger partial charge >= 0.3 is 5.97 Å². The molecule has 4 heteroatoms. The second-order valence-corrected chi connectivity index (χ2v) is 4.11. The minimum atomic E-state index is -1.08. The van der Waals surface area contributed by atoms with Gasteiger partial charge in [-0.05, 0) is 29.7 Å². The van der Waals surface area contributed by atoms with Crippen molar-refractivity contribution < 1.29 is 14.3 Å². The monoisotopic (exact) mass is 221 g/mol. The lowest BCUT2D eigenvalue weighted by atomic mass is 10.0. The summed E-state index contributed by atoms with van der Waals surface area (Å²) in [6.45, 7) is 3.92. The zero-order valence-corrected chi connectivity index (χ0v) is 9.04. The molecule has 3 nitrogen and oxygen atoms in total. The summed E-state index contributed by atoms with van der Waals surface area (Å²) >= 11 is 0. The highest BCUT2D eigenvalue weighted by atomic mass is 19.1. The number of rotatable bonds is 2. The molecule has 0 saturated carbocycles. The van der Waals surface area contributed by atoms with Crippen LogP contribution in [0.3, 0.4) is 0 Å². The zero-order chi connectivity index (χ0) is 11.9. The smallest absolute Gasteiger partial charge is 0.352 e. The van der Waals surface area contributed by atoms with Crippen molar-refractivity contribution in [3.63, 3.8) is 0 Å². The van der Waals surface area contributed by atoms with E-state index in [9.17, 15) is 9.18 Å². The fourth-order valence-corrected chi connectivity index (χ4v) is 1.66. The highest BCUT2D eigenvalue weighted by Gasteiger charge is 2.12. The molecule has 0 unspecified atom stereocenters. The summed E-state index contributed by atoms with van der Waals surface area (Å²) in [4.78, 5) is 13.4. The van der Waals surface area contributed by atoms with Crippen LogP contribution < -0.4 is 0 Å². The third-order valence-electron chi connectivity index (χ3n) is 2.61. The topological polar surface area (TPSA) is 53.1 Å². The Bertz CT molecular complexity index is 557. The van der Waals surface area contributed by atoms with Crippen molar-refractivity contribution in [1.82, 2.24) is 4.98 Å². The lowest BCUT2D eigenvalue weighted by molar-refractivity contribution is 0.0691. The number of carboxylic acids is 1. The van der Waals surface area contributed by atoms with E-state index in [2.05, 4.69) is 4.98 Å². The van der Waals surface area contributed by atoms with E-state index in [0.717, 1.165) is 5.56 Å². The van der Waals surface area contributed by atoms with Crippen LogP contribution in [0.5, 0.6) is 0 Å². The number of H-pyrrole nitrogens is 1. The highest BCUT2D eigenvalue weighted by molar-refractivity contribution is 5.94. The van der Waals surface area contributed by atoms with E-state index in [4.69, 9.17) is 5.11 Å². The first-order chi connectivity index (χ1) is 7.49. The number of fused-ring (bicyclic) bond motifs is 1. The Morgan fingerprint density at radius 1 is 1.38 bits per heavy atom. The van der Waals surface area contributed by atoms with Crippen molar-refractivity contribution >= 4 is 16.9 Å². The van der Waals surface area contributed by atoms with E-state index >= 15 is 0 Å². The van der Waals surface area contributed by atoms with Gasteiger partial charge in [0.2, 0.25) is 0 Å². The first kappa shape index (κ1) is 10.7. The van der Waals surface area contributed by atoms with E-state index in [-0.39, 0.29) is 17.4 Å². The van der Waals surface area contributed by atoms with Crippen molar-refractivity contribution in [2.24, 2.45) is 0 Å². The molecule has 1 aromatic heterocycles. The van der Waals surface area contributed by atoms with Gasteiger partial charge in [0.1, 0.15) is 11.5 Å². The molecule has 2 N–H and O–H groups in total. The quantitative estimate of drug-likeness (QED) is 0.818. The predicted molar refractivity (Wildman–Crippen MR) is 59.3 cm³/mol. The number of hydrogen-bond donors (Lipinski definition) is 2. The molecule has 16 heavy (non-hydrogen) atoms. The van der Waals surface area contributed by atoms with Crippen molar-refractivity contribution in [1.29, 1.82) is 0 Å². The number of aromatic carboxylic acids is 1. The predicted octanol–water partition coefficient (Wildman–Crippen LogP) is 3.13. The van der Waals surface area contributed by atoms with E-state index in [0.29, 0.717) is 10.9 Å². The number of nitrogens with one attached hydrogen (secondary N) is 1. The van der Waals surface area contributed by atoms with Gasteiger partial charge in [-0.1, -0.05) is 13.8 Å². The van der Waals surface area contributed by atoms with Crippen LogP contribution in [0.2, 0.25) is 0 Å². The van der Waals surface area contributed by atoms with Gasteiger partial charge in [-0.3, -0.25) is 0 Å². The molecule has 0 fully saturated rings. The first-order valence-electron chi connectivity index (χ1n) is 5.04. The first-order valence-corrected chi connectivity index (χ1v) is 5.04. The second kappa shape index (κ2) is 3.63. The van der Waals surface area contributed by atoms with E-state index in [1.54, 1.807) is 6.07 Å². The Labute approximate surface area is 91.9 Å². The van der Waals surface area contributed by atoms with Gasteiger partial charge in [0, 0.05) is 10.9 Å². The molecule has 0 aliphatic heterocycles. The summed E-state index contributed by atoms with van der Waals surface area (Å²) in [7, 11) is 0. The molecule has 0 aliphatic carbocycles. The summed E-state index contributed by atoms with van der Waals surface area (Å²) < 4.78 is 13.7. The number of carbonyl (C=O) groups is 1. The number of hydrogen-bond acceptors (Lipinski definition) is 1. The standard InChI is InChI=1S/C12H12FNO2/c1-6(2)7-3-9(13)8-5-11(12(15)16)14-10(8)4-7/h3-6,14H,1-2H3,(H,15,16). The number of benzene rings is 1. The number of aromatic amines is 1. The molecule has 0 radical (unpaired) electrons. The van der Waals surface area contributed by atoms with Crippen molar-refractivity contribution in [3.05, 3.63) is 35.3 Å². The molecule has 2 aromatic rings. The summed E-state index contributed by atoms with van der Waals surface area (Å²) in [5, 5.41) is 9.12. The van der Waals surface area contributed by atoms with Crippen LogP contribution >= 0.6 is 0 Å². The molecular weight excluding hydrogens is 209 g/mol. The summed E-state index contributed by atoms with van der Waals surface area (Å²) in [5.41, 5.74) is 1.39. The Morgan fingerprint density at radius 2 is 2.06 bits per heavy atom. The maximum Gasteiger partial charge on any atom is 0.352 e. The van der Waals surface area contributed by atoms with Gasteiger partial charge in [0.15, 0.2) is 0 Å². The number of halogens is 1. The van der Waals surface area contributed by atoms with Crippen LogP contribution in [0.15, 0.2) is 18.2 Å². The van der Waals surface area contributed by atoms with E-state index in [1.165, 1.54) is 12.1 Å². The molecule has 0 saturated heterocycles. The largest absolute Gasteiger partial charge is 0.477 e. The van der Waals surface area contributed by atoms with E-state index < -0.39 is 5.97 Å². The maximum absolute atomic E-state index is 13.7. The Hall–Kier alpha value is -1.84. The lowest BCUT2D eigenvalue weighted by Crippen LogP contribution is -1.94. The van der Waals surface area contributed by atoms with Crippen molar-refractivity contribution in [3.8, 4) is 0 Å². The maximum atomic E-state index is 13.7. The fourth-order valence-electron chi connectivity index (χ4n) is 1.66. The Balaban J connectivity index is 2.68. The molecule has 0 aliphatic rings. The van der Waals surface area contributed by atoms with Gasteiger partial charge < -0.3 is 10.1 Å². The SMILES string of the molecule is CC(C)c1cc(F)c2cc(C(=O)O)[nH]c2c1. The summed E-state index contributed by atoms with van der Waals surface area (Å²) in [6.07, 6.45) is 0. The average Bonchev–Trinajstić information content (AvgIpc) is 2.61. The van der Waals surface area contributed by atoms with Gasteiger partial charge in [0.05, 0.1) is 0 Å². The second-order valence-electron chi connectivity index (χ2n) is 4.11. The average molecular weight is 221 g/mol. The zero-order valence-electron chi connectivity index (χ0n) is 9.04. The number of aromatic nitrogens is 1. The fraction of sp³-hybridized carbons (Fsp3) is 0.250. The lowest BCUT2D eigenvalue weighted by Gasteiger charge is -2.05. The summed E-state index contributed by atoms with van der Waals surface area (Å²) in [6, 6.07) is 4.55.